The van der Waals surface area contributed by atoms with E-state index in [0.29, 0.717) is 22.9 Å². The minimum absolute atomic E-state index is 0.387. The minimum Gasteiger partial charge on any atom is -0.392 e. The van der Waals surface area contributed by atoms with E-state index in [4.69, 9.17) is 23.2 Å². The molecule has 1 aromatic carbocycles. The van der Waals surface area contributed by atoms with E-state index in [-0.39, 0.29) is 6.10 Å². The molecule has 2 aromatic rings. The van der Waals surface area contributed by atoms with Gasteiger partial charge in [-0.2, -0.15) is 11.3 Å². The Hall–Kier alpha value is -0.540. The smallest absolute Gasteiger partial charge is 0.0621 e. The molecule has 0 aliphatic carbocycles. The molecule has 0 amide bonds. The quantitative estimate of drug-likeness (QED) is 0.893. The summed E-state index contributed by atoms with van der Waals surface area (Å²) in [6.07, 6.45) is 0.873. The van der Waals surface area contributed by atoms with Crippen LogP contribution < -0.4 is 0 Å². The molecule has 0 saturated heterocycles. The Kier molecular flexibility index (Phi) is 4.46. The van der Waals surface area contributed by atoms with Gasteiger partial charge in [-0.15, -0.1) is 0 Å². The highest BCUT2D eigenvalue weighted by molar-refractivity contribution is 7.07. The molecule has 0 bridgehead atoms. The second kappa shape index (κ2) is 5.87. The van der Waals surface area contributed by atoms with E-state index in [2.05, 4.69) is 5.38 Å². The van der Waals surface area contributed by atoms with Crippen LogP contribution in [0.25, 0.3) is 0 Å². The van der Waals surface area contributed by atoms with Crippen LogP contribution in [0.3, 0.4) is 0 Å². The molecule has 4 heteroatoms. The summed E-state index contributed by atoms with van der Waals surface area (Å²) in [5, 5.41) is 15.1. The van der Waals surface area contributed by atoms with E-state index < -0.39 is 0 Å². The molecule has 1 aromatic heterocycles. The average molecular weight is 287 g/mol. The highest BCUT2D eigenvalue weighted by Gasteiger charge is 2.08. The Bertz CT molecular complexity index is 482. The SMILES string of the molecule is OC(Cc1ccsc1)Cc1ccc(Cl)c(Cl)c1. The largest absolute Gasteiger partial charge is 0.392 e. The first-order valence-corrected chi connectivity index (χ1v) is 6.98. The molecular weight excluding hydrogens is 275 g/mol. The maximum atomic E-state index is 9.96. The third-order valence-electron chi connectivity index (χ3n) is 2.51. The van der Waals surface area contributed by atoms with Gasteiger partial charge in [-0.3, -0.25) is 0 Å². The van der Waals surface area contributed by atoms with Crippen molar-refractivity contribution in [2.24, 2.45) is 0 Å². The van der Waals surface area contributed by atoms with E-state index in [0.717, 1.165) is 5.56 Å². The summed E-state index contributed by atoms with van der Waals surface area (Å²) in [6.45, 7) is 0. The predicted molar refractivity (Wildman–Crippen MR) is 74.2 cm³/mol. The molecule has 0 aliphatic heterocycles. The highest BCUT2D eigenvalue weighted by atomic mass is 35.5. The first kappa shape index (κ1) is 12.9. The number of hydrogen-bond donors (Lipinski definition) is 1. The van der Waals surface area contributed by atoms with Crippen LogP contribution in [0.15, 0.2) is 35.0 Å². The summed E-state index contributed by atoms with van der Waals surface area (Å²) in [5.74, 6) is 0. The molecular formula is C13H12Cl2OS. The van der Waals surface area contributed by atoms with Gasteiger partial charge in [0.15, 0.2) is 0 Å². The summed E-state index contributed by atoms with van der Waals surface area (Å²) in [4.78, 5) is 0. The summed E-state index contributed by atoms with van der Waals surface area (Å²) in [6, 6.07) is 7.49. The number of halogens is 2. The molecule has 1 heterocycles. The van der Waals surface area contributed by atoms with Crippen LogP contribution in [-0.2, 0) is 12.8 Å². The van der Waals surface area contributed by atoms with Crippen molar-refractivity contribution in [1.29, 1.82) is 0 Å². The van der Waals surface area contributed by atoms with Crippen molar-refractivity contribution in [1.82, 2.24) is 0 Å². The lowest BCUT2D eigenvalue weighted by atomic mass is 10.0. The molecule has 0 aliphatic rings. The maximum Gasteiger partial charge on any atom is 0.0621 e. The number of benzene rings is 1. The normalized spacial score (nSPS) is 12.6. The van der Waals surface area contributed by atoms with Crippen molar-refractivity contribution in [3.8, 4) is 0 Å². The van der Waals surface area contributed by atoms with Gasteiger partial charge in [0, 0.05) is 0 Å². The Balaban J connectivity index is 1.98. The van der Waals surface area contributed by atoms with E-state index in [1.165, 1.54) is 5.56 Å². The van der Waals surface area contributed by atoms with Gasteiger partial charge in [-0.05, 0) is 52.9 Å². The number of hydrogen-bond acceptors (Lipinski definition) is 2. The fourth-order valence-electron chi connectivity index (χ4n) is 1.69. The molecule has 0 fully saturated rings. The Morgan fingerprint density at radius 3 is 2.47 bits per heavy atom. The fourth-order valence-corrected chi connectivity index (χ4v) is 2.69. The van der Waals surface area contributed by atoms with Gasteiger partial charge in [0.1, 0.15) is 0 Å². The van der Waals surface area contributed by atoms with Crippen LogP contribution in [0.2, 0.25) is 10.0 Å². The van der Waals surface area contributed by atoms with Crippen LogP contribution in [0.1, 0.15) is 11.1 Å². The molecule has 1 N–H and O–H groups in total. The van der Waals surface area contributed by atoms with Gasteiger partial charge in [0.25, 0.3) is 0 Å². The van der Waals surface area contributed by atoms with Crippen molar-refractivity contribution >= 4 is 34.5 Å². The van der Waals surface area contributed by atoms with Crippen molar-refractivity contribution in [2.45, 2.75) is 18.9 Å². The lowest BCUT2D eigenvalue weighted by molar-refractivity contribution is 0.175. The van der Waals surface area contributed by atoms with Crippen LogP contribution in [0.5, 0.6) is 0 Å². The Labute approximate surface area is 115 Å². The third-order valence-corrected chi connectivity index (χ3v) is 3.98. The van der Waals surface area contributed by atoms with Gasteiger partial charge in [-0.1, -0.05) is 29.3 Å². The third kappa shape index (κ3) is 3.71. The van der Waals surface area contributed by atoms with E-state index >= 15 is 0 Å². The minimum atomic E-state index is -0.387. The van der Waals surface area contributed by atoms with Crippen LogP contribution in [0, 0.1) is 0 Å². The molecule has 1 nitrogen and oxygen atoms in total. The lowest BCUT2D eigenvalue weighted by Crippen LogP contribution is -2.13. The zero-order valence-corrected chi connectivity index (χ0v) is 11.4. The van der Waals surface area contributed by atoms with Crippen LogP contribution >= 0.6 is 34.5 Å². The zero-order valence-electron chi connectivity index (χ0n) is 9.07. The van der Waals surface area contributed by atoms with Crippen molar-refractivity contribution in [2.75, 3.05) is 0 Å². The molecule has 2 rings (SSSR count). The van der Waals surface area contributed by atoms with Crippen LogP contribution in [0.4, 0.5) is 0 Å². The van der Waals surface area contributed by atoms with Gasteiger partial charge < -0.3 is 5.11 Å². The molecule has 0 radical (unpaired) electrons. The Morgan fingerprint density at radius 2 is 1.82 bits per heavy atom. The molecule has 90 valence electrons. The number of aliphatic hydroxyl groups is 1. The van der Waals surface area contributed by atoms with Crippen LogP contribution in [-0.4, -0.2) is 11.2 Å². The zero-order chi connectivity index (χ0) is 12.3. The predicted octanol–water partition coefficient (Wildman–Crippen LogP) is 4.20. The van der Waals surface area contributed by atoms with Gasteiger partial charge in [0.05, 0.1) is 16.1 Å². The summed E-state index contributed by atoms with van der Waals surface area (Å²) in [5.41, 5.74) is 2.17. The Morgan fingerprint density at radius 1 is 1.06 bits per heavy atom. The van der Waals surface area contributed by atoms with E-state index in [9.17, 15) is 5.11 Å². The first-order valence-electron chi connectivity index (χ1n) is 5.28. The number of thiophene rings is 1. The summed E-state index contributed by atoms with van der Waals surface area (Å²) >= 11 is 13.4. The standard InChI is InChI=1S/C13H12Cl2OS/c14-12-2-1-9(7-13(12)15)5-11(16)6-10-3-4-17-8-10/h1-4,7-8,11,16H,5-6H2. The topological polar surface area (TPSA) is 20.2 Å². The second-order valence-electron chi connectivity index (χ2n) is 3.94. The number of rotatable bonds is 4. The number of aliphatic hydroxyl groups excluding tert-OH is 1. The van der Waals surface area contributed by atoms with Gasteiger partial charge in [0.2, 0.25) is 0 Å². The van der Waals surface area contributed by atoms with Gasteiger partial charge in [-0.25, -0.2) is 0 Å². The fraction of sp³-hybridized carbons (Fsp3) is 0.231. The van der Waals surface area contributed by atoms with Gasteiger partial charge >= 0.3 is 0 Å². The molecule has 0 spiro atoms. The summed E-state index contributed by atoms with van der Waals surface area (Å²) in [7, 11) is 0. The van der Waals surface area contributed by atoms with Crippen molar-refractivity contribution < 1.29 is 5.11 Å². The summed E-state index contributed by atoms with van der Waals surface area (Å²) < 4.78 is 0. The lowest BCUT2D eigenvalue weighted by Gasteiger charge is -2.10. The first-order chi connectivity index (χ1) is 8.15. The maximum absolute atomic E-state index is 9.96. The second-order valence-corrected chi connectivity index (χ2v) is 5.54. The monoisotopic (exact) mass is 286 g/mol. The van der Waals surface area contributed by atoms with Crippen molar-refractivity contribution in [3.63, 3.8) is 0 Å². The molecule has 17 heavy (non-hydrogen) atoms. The van der Waals surface area contributed by atoms with Crippen molar-refractivity contribution in [3.05, 3.63) is 56.2 Å². The highest BCUT2D eigenvalue weighted by Crippen LogP contribution is 2.23. The molecule has 1 unspecified atom stereocenters. The average Bonchev–Trinajstić information content (AvgIpc) is 2.76. The van der Waals surface area contributed by atoms with E-state index in [1.54, 1.807) is 23.5 Å². The van der Waals surface area contributed by atoms with E-state index in [1.807, 2.05) is 17.5 Å². The molecule has 1 atom stereocenters. The molecule has 0 saturated carbocycles.